The number of amides is 1. The quantitative estimate of drug-likeness (QED) is 0.849. The molecule has 2 rings (SSSR count). The first-order valence-corrected chi connectivity index (χ1v) is 7.64. The van der Waals surface area contributed by atoms with E-state index in [1.165, 1.54) is 19.3 Å². The zero-order valence-electron chi connectivity index (χ0n) is 12.3. The van der Waals surface area contributed by atoms with Crippen LogP contribution in [0.3, 0.4) is 0 Å². The summed E-state index contributed by atoms with van der Waals surface area (Å²) in [6.45, 7) is 5.41. The third-order valence-corrected chi connectivity index (χ3v) is 5.10. The van der Waals surface area contributed by atoms with E-state index in [0.29, 0.717) is 30.2 Å². The first-order chi connectivity index (χ1) is 8.59. The van der Waals surface area contributed by atoms with Crippen molar-refractivity contribution in [3.63, 3.8) is 0 Å². The van der Waals surface area contributed by atoms with Gasteiger partial charge in [0.05, 0.1) is 0 Å². The molecule has 19 heavy (non-hydrogen) atoms. The average Bonchev–Trinajstić information content (AvgIpc) is 2.35. The van der Waals surface area contributed by atoms with Gasteiger partial charge in [-0.25, -0.2) is 0 Å². The first-order valence-electron chi connectivity index (χ1n) is 7.64. The van der Waals surface area contributed by atoms with Gasteiger partial charge in [0.25, 0.3) is 0 Å². The smallest absolute Gasteiger partial charge is 0.223 e. The fourth-order valence-electron chi connectivity index (χ4n) is 3.52. The fourth-order valence-corrected chi connectivity index (χ4v) is 3.52. The van der Waals surface area contributed by atoms with Crippen LogP contribution < -0.4 is 5.73 Å². The Morgan fingerprint density at radius 3 is 2.53 bits per heavy atom. The van der Waals surface area contributed by atoms with Crippen molar-refractivity contribution in [1.29, 1.82) is 0 Å². The van der Waals surface area contributed by atoms with Gasteiger partial charge in [0.1, 0.15) is 0 Å². The van der Waals surface area contributed by atoms with Crippen molar-refractivity contribution < 1.29 is 4.79 Å². The number of piperidine rings is 1. The van der Waals surface area contributed by atoms with E-state index in [-0.39, 0.29) is 18.4 Å². The monoisotopic (exact) mass is 288 g/mol. The number of nitrogens with zero attached hydrogens (tertiary/aromatic N) is 1. The Balaban J connectivity index is 0.00000180. The van der Waals surface area contributed by atoms with Crippen LogP contribution in [0.15, 0.2) is 0 Å². The predicted molar refractivity (Wildman–Crippen MR) is 81.4 cm³/mol. The molecule has 4 heteroatoms. The maximum absolute atomic E-state index is 12.4. The number of likely N-dealkylation sites (tertiary alicyclic amines) is 1. The van der Waals surface area contributed by atoms with Gasteiger partial charge in [0.15, 0.2) is 0 Å². The molecule has 1 heterocycles. The molecule has 1 amide bonds. The second-order valence-corrected chi connectivity index (χ2v) is 6.36. The molecule has 1 saturated heterocycles. The molecule has 1 saturated carbocycles. The highest BCUT2D eigenvalue weighted by Crippen LogP contribution is 2.29. The Hall–Kier alpha value is -0.280. The molecule has 1 aliphatic heterocycles. The summed E-state index contributed by atoms with van der Waals surface area (Å²) in [5.74, 6) is 1.41. The fraction of sp³-hybridized carbons (Fsp3) is 0.933. The molecule has 2 N–H and O–H groups in total. The van der Waals surface area contributed by atoms with Crippen LogP contribution >= 0.6 is 12.4 Å². The predicted octanol–water partition coefficient (Wildman–Crippen LogP) is 2.96. The molecule has 4 atom stereocenters. The zero-order valence-corrected chi connectivity index (χ0v) is 13.1. The summed E-state index contributed by atoms with van der Waals surface area (Å²) in [4.78, 5) is 14.5. The summed E-state index contributed by atoms with van der Waals surface area (Å²) in [6, 6.07) is 0.659. The van der Waals surface area contributed by atoms with Gasteiger partial charge >= 0.3 is 0 Å². The molecule has 0 spiro atoms. The van der Waals surface area contributed by atoms with E-state index in [2.05, 4.69) is 18.7 Å². The third kappa shape index (κ3) is 4.09. The molecule has 0 aromatic carbocycles. The minimum absolute atomic E-state index is 0. The highest BCUT2D eigenvalue weighted by Gasteiger charge is 2.31. The number of hydrogen-bond donors (Lipinski definition) is 1. The van der Waals surface area contributed by atoms with E-state index in [0.717, 1.165) is 25.8 Å². The lowest BCUT2D eigenvalue weighted by Gasteiger charge is -2.39. The molecule has 3 nitrogen and oxygen atoms in total. The molecule has 112 valence electrons. The van der Waals surface area contributed by atoms with Crippen LogP contribution in [0, 0.1) is 11.8 Å². The summed E-state index contributed by atoms with van der Waals surface area (Å²) in [5, 5.41) is 0. The standard InChI is InChI=1S/C15H28N2O.ClH/c1-11-6-5-9-17(12(11)2)15(18)10-13-7-3-4-8-14(13)16;/h11-14H,3-10,16H2,1-2H3;1H. The van der Waals surface area contributed by atoms with Gasteiger partial charge in [-0.2, -0.15) is 0 Å². The van der Waals surface area contributed by atoms with Gasteiger partial charge in [0.2, 0.25) is 5.91 Å². The van der Waals surface area contributed by atoms with Crippen LogP contribution in [0.5, 0.6) is 0 Å². The van der Waals surface area contributed by atoms with Gasteiger partial charge in [0, 0.05) is 25.0 Å². The molecule has 2 fully saturated rings. The molecule has 0 aromatic rings. The molecular formula is C15H29ClN2O. The molecular weight excluding hydrogens is 260 g/mol. The van der Waals surface area contributed by atoms with Crippen LogP contribution in [0.25, 0.3) is 0 Å². The Labute approximate surface area is 123 Å². The van der Waals surface area contributed by atoms with E-state index in [9.17, 15) is 4.79 Å². The Morgan fingerprint density at radius 2 is 1.84 bits per heavy atom. The lowest BCUT2D eigenvalue weighted by atomic mass is 9.82. The molecule has 4 unspecified atom stereocenters. The van der Waals surface area contributed by atoms with Crippen molar-refractivity contribution in [1.82, 2.24) is 4.90 Å². The van der Waals surface area contributed by atoms with Crippen LogP contribution in [0.2, 0.25) is 0 Å². The van der Waals surface area contributed by atoms with Gasteiger partial charge in [-0.3, -0.25) is 4.79 Å². The second kappa shape index (κ2) is 7.49. The summed E-state index contributed by atoms with van der Waals surface area (Å²) in [5.41, 5.74) is 6.15. The Morgan fingerprint density at radius 1 is 1.16 bits per heavy atom. The van der Waals surface area contributed by atoms with E-state index in [1.807, 2.05) is 0 Å². The average molecular weight is 289 g/mol. The van der Waals surface area contributed by atoms with Gasteiger partial charge in [-0.15, -0.1) is 12.4 Å². The highest BCUT2D eigenvalue weighted by molar-refractivity contribution is 5.85. The summed E-state index contributed by atoms with van der Waals surface area (Å²) < 4.78 is 0. The second-order valence-electron chi connectivity index (χ2n) is 6.36. The van der Waals surface area contributed by atoms with Gasteiger partial charge in [-0.05, 0) is 44.4 Å². The Kier molecular flexibility index (Phi) is 6.61. The van der Waals surface area contributed by atoms with Crippen molar-refractivity contribution in [2.24, 2.45) is 17.6 Å². The van der Waals surface area contributed by atoms with E-state index in [4.69, 9.17) is 5.73 Å². The van der Waals surface area contributed by atoms with Gasteiger partial charge in [-0.1, -0.05) is 19.8 Å². The van der Waals surface area contributed by atoms with Gasteiger partial charge < -0.3 is 10.6 Å². The largest absolute Gasteiger partial charge is 0.340 e. The third-order valence-electron chi connectivity index (χ3n) is 5.10. The molecule has 1 aliphatic carbocycles. The van der Waals surface area contributed by atoms with Crippen molar-refractivity contribution in [3.05, 3.63) is 0 Å². The topological polar surface area (TPSA) is 46.3 Å². The van der Waals surface area contributed by atoms with E-state index < -0.39 is 0 Å². The molecule has 0 bridgehead atoms. The lowest BCUT2D eigenvalue weighted by Crippen LogP contribution is -2.47. The lowest BCUT2D eigenvalue weighted by molar-refractivity contribution is -0.137. The van der Waals surface area contributed by atoms with Crippen molar-refractivity contribution in [2.45, 2.75) is 70.9 Å². The van der Waals surface area contributed by atoms with Crippen LogP contribution in [0.1, 0.15) is 58.8 Å². The van der Waals surface area contributed by atoms with E-state index >= 15 is 0 Å². The van der Waals surface area contributed by atoms with Crippen LogP contribution in [-0.2, 0) is 4.79 Å². The minimum Gasteiger partial charge on any atom is -0.340 e. The normalized spacial score (nSPS) is 35.6. The summed E-state index contributed by atoms with van der Waals surface area (Å²) >= 11 is 0. The number of halogens is 1. The van der Waals surface area contributed by atoms with E-state index in [1.54, 1.807) is 0 Å². The van der Waals surface area contributed by atoms with Crippen LogP contribution in [-0.4, -0.2) is 29.4 Å². The van der Waals surface area contributed by atoms with Crippen molar-refractivity contribution in [2.75, 3.05) is 6.54 Å². The number of hydrogen-bond acceptors (Lipinski definition) is 2. The SMILES string of the molecule is CC1CCCN(C(=O)CC2CCCCC2N)C1C.Cl. The summed E-state index contributed by atoms with van der Waals surface area (Å²) in [7, 11) is 0. The first kappa shape index (κ1) is 16.8. The molecule has 2 aliphatic rings. The van der Waals surface area contributed by atoms with Crippen molar-refractivity contribution in [3.8, 4) is 0 Å². The minimum atomic E-state index is 0. The maximum Gasteiger partial charge on any atom is 0.223 e. The van der Waals surface area contributed by atoms with Crippen LogP contribution in [0.4, 0.5) is 0 Å². The highest BCUT2D eigenvalue weighted by atomic mass is 35.5. The number of rotatable bonds is 2. The summed E-state index contributed by atoms with van der Waals surface area (Å²) in [6.07, 6.45) is 7.83. The molecule has 0 radical (unpaired) electrons. The maximum atomic E-state index is 12.4. The molecule has 0 aromatic heterocycles. The number of carbonyl (C=O) groups is 1. The zero-order chi connectivity index (χ0) is 13.1. The Bertz CT molecular complexity index is 298. The number of carbonyl (C=O) groups excluding carboxylic acids is 1. The number of nitrogens with two attached hydrogens (primary N) is 1. The van der Waals surface area contributed by atoms with Crippen molar-refractivity contribution >= 4 is 18.3 Å².